The first kappa shape index (κ1) is 17.5. The third kappa shape index (κ3) is 3.69. The van der Waals surface area contributed by atoms with E-state index in [1.54, 1.807) is 6.92 Å². The highest BCUT2D eigenvalue weighted by molar-refractivity contribution is 9.10. The predicted molar refractivity (Wildman–Crippen MR) is 103 cm³/mol. The van der Waals surface area contributed by atoms with Crippen molar-refractivity contribution in [1.82, 2.24) is 5.01 Å². The van der Waals surface area contributed by atoms with E-state index in [9.17, 15) is 4.79 Å². The standard InChI is InChI=1S/C19H20BrN3O2/c1-3-25-19(24)23-12(2)10-14-4-7-15(20)11-17(14)18(22-23)13-5-8-16(21)9-6-13/h4-9,11-12H,3,10,21H2,1-2H3. The molecule has 1 heterocycles. The number of nitrogens with zero attached hydrogens (tertiary/aromatic N) is 2. The van der Waals surface area contributed by atoms with Gasteiger partial charge in [0.05, 0.1) is 18.4 Å². The number of carbonyl (C=O) groups excluding carboxylic acids is 1. The van der Waals surface area contributed by atoms with Crippen LogP contribution in [0.15, 0.2) is 52.0 Å². The Morgan fingerprint density at radius 3 is 2.72 bits per heavy atom. The number of halogens is 1. The Bertz CT molecular complexity index is 818. The Balaban J connectivity index is 2.16. The van der Waals surface area contributed by atoms with Crippen molar-refractivity contribution in [3.8, 4) is 0 Å². The number of hydrogen-bond donors (Lipinski definition) is 1. The quantitative estimate of drug-likeness (QED) is 0.767. The molecule has 0 saturated carbocycles. The second kappa shape index (κ2) is 7.27. The Kier molecular flexibility index (Phi) is 5.08. The van der Waals surface area contributed by atoms with Crippen molar-refractivity contribution in [2.45, 2.75) is 26.3 Å². The normalized spacial score (nSPS) is 16.7. The molecule has 3 rings (SSSR count). The lowest BCUT2D eigenvalue weighted by Gasteiger charge is -2.22. The molecule has 0 bridgehead atoms. The zero-order valence-corrected chi connectivity index (χ0v) is 15.8. The van der Waals surface area contributed by atoms with Crippen molar-refractivity contribution >= 4 is 33.4 Å². The number of hydrazone groups is 1. The number of nitrogens with two attached hydrogens (primary N) is 1. The fourth-order valence-electron chi connectivity index (χ4n) is 2.88. The largest absolute Gasteiger partial charge is 0.448 e. The van der Waals surface area contributed by atoms with Gasteiger partial charge >= 0.3 is 6.09 Å². The van der Waals surface area contributed by atoms with Gasteiger partial charge in [-0.15, -0.1) is 0 Å². The van der Waals surface area contributed by atoms with Gasteiger partial charge in [-0.3, -0.25) is 0 Å². The van der Waals surface area contributed by atoms with Gasteiger partial charge in [-0.25, -0.2) is 4.79 Å². The third-order valence-electron chi connectivity index (χ3n) is 4.11. The first-order chi connectivity index (χ1) is 12.0. The van der Waals surface area contributed by atoms with E-state index in [1.165, 1.54) is 5.01 Å². The van der Waals surface area contributed by atoms with Gasteiger partial charge in [0, 0.05) is 21.3 Å². The maximum absolute atomic E-state index is 12.4. The molecule has 130 valence electrons. The van der Waals surface area contributed by atoms with E-state index in [2.05, 4.69) is 27.1 Å². The molecule has 0 saturated heterocycles. The molecular formula is C19H20BrN3O2. The van der Waals surface area contributed by atoms with Crippen LogP contribution in [0, 0.1) is 0 Å². The summed E-state index contributed by atoms with van der Waals surface area (Å²) in [5.41, 5.74) is 10.3. The maximum atomic E-state index is 12.4. The summed E-state index contributed by atoms with van der Waals surface area (Å²) in [5.74, 6) is 0. The van der Waals surface area contributed by atoms with Crippen LogP contribution in [0.25, 0.3) is 0 Å². The fraction of sp³-hybridized carbons (Fsp3) is 0.263. The molecule has 0 spiro atoms. The first-order valence-electron chi connectivity index (χ1n) is 8.19. The number of fused-ring (bicyclic) bond motifs is 1. The van der Waals surface area contributed by atoms with Crippen molar-refractivity contribution in [2.24, 2.45) is 5.10 Å². The lowest BCUT2D eigenvalue weighted by Crippen LogP contribution is -2.35. The number of benzene rings is 2. The average molecular weight is 402 g/mol. The summed E-state index contributed by atoms with van der Waals surface area (Å²) in [4.78, 5) is 12.4. The lowest BCUT2D eigenvalue weighted by atomic mass is 9.95. The van der Waals surface area contributed by atoms with Crippen molar-refractivity contribution in [2.75, 3.05) is 12.3 Å². The summed E-state index contributed by atoms with van der Waals surface area (Å²) in [6.07, 6.45) is 0.262. The Morgan fingerprint density at radius 2 is 2.04 bits per heavy atom. The smallest absolute Gasteiger partial charge is 0.430 e. The van der Waals surface area contributed by atoms with Gasteiger partial charge in [0.25, 0.3) is 0 Å². The molecular weight excluding hydrogens is 382 g/mol. The molecule has 1 atom stereocenters. The Labute approximate surface area is 155 Å². The summed E-state index contributed by atoms with van der Waals surface area (Å²) in [6, 6.07) is 13.5. The number of amides is 1. The Hall–Kier alpha value is -2.34. The number of hydrogen-bond acceptors (Lipinski definition) is 4. The number of nitrogen functional groups attached to an aromatic ring is 1. The zero-order valence-electron chi connectivity index (χ0n) is 14.2. The molecule has 1 amide bonds. The highest BCUT2D eigenvalue weighted by atomic mass is 79.9. The average Bonchev–Trinajstić information content (AvgIpc) is 2.72. The van der Waals surface area contributed by atoms with Gasteiger partial charge in [-0.05, 0) is 50.1 Å². The van der Waals surface area contributed by atoms with Crippen molar-refractivity contribution in [3.05, 3.63) is 63.6 Å². The van der Waals surface area contributed by atoms with Crippen molar-refractivity contribution in [3.63, 3.8) is 0 Å². The minimum atomic E-state index is -0.435. The van der Waals surface area contributed by atoms with Crippen LogP contribution in [-0.4, -0.2) is 29.5 Å². The van der Waals surface area contributed by atoms with E-state index < -0.39 is 6.09 Å². The molecule has 0 aliphatic carbocycles. The molecule has 1 unspecified atom stereocenters. The fourth-order valence-corrected chi connectivity index (χ4v) is 3.24. The number of carbonyl (C=O) groups is 1. The van der Waals surface area contributed by atoms with Gasteiger partial charge in [-0.2, -0.15) is 10.1 Å². The van der Waals surface area contributed by atoms with E-state index in [0.29, 0.717) is 18.7 Å². The molecule has 2 N–H and O–H groups in total. The van der Waals surface area contributed by atoms with E-state index in [4.69, 9.17) is 10.5 Å². The summed E-state index contributed by atoms with van der Waals surface area (Å²) in [5, 5.41) is 6.10. The topological polar surface area (TPSA) is 67.9 Å². The van der Waals surface area contributed by atoms with Crippen LogP contribution in [0.4, 0.5) is 10.5 Å². The van der Waals surface area contributed by atoms with Gasteiger partial charge < -0.3 is 10.5 Å². The summed E-state index contributed by atoms with van der Waals surface area (Å²) >= 11 is 3.53. The van der Waals surface area contributed by atoms with Crippen LogP contribution in [0.5, 0.6) is 0 Å². The summed E-state index contributed by atoms with van der Waals surface area (Å²) < 4.78 is 6.15. The second-order valence-corrected chi connectivity index (χ2v) is 6.88. The molecule has 2 aromatic carbocycles. The van der Waals surface area contributed by atoms with E-state index in [-0.39, 0.29) is 6.04 Å². The van der Waals surface area contributed by atoms with E-state index in [1.807, 2.05) is 43.3 Å². The zero-order chi connectivity index (χ0) is 18.0. The number of anilines is 1. The highest BCUT2D eigenvalue weighted by Crippen LogP contribution is 2.27. The second-order valence-electron chi connectivity index (χ2n) is 5.97. The first-order valence-corrected chi connectivity index (χ1v) is 8.98. The number of ether oxygens (including phenoxy) is 1. The van der Waals surface area contributed by atoms with Crippen LogP contribution < -0.4 is 5.73 Å². The van der Waals surface area contributed by atoms with Gasteiger partial charge in [0.1, 0.15) is 0 Å². The number of rotatable bonds is 2. The molecule has 0 fully saturated rings. The predicted octanol–water partition coefficient (Wildman–Crippen LogP) is 4.19. The molecule has 6 heteroatoms. The molecule has 1 aliphatic heterocycles. The maximum Gasteiger partial charge on any atom is 0.430 e. The highest BCUT2D eigenvalue weighted by Gasteiger charge is 2.28. The van der Waals surface area contributed by atoms with Gasteiger partial charge in [0.15, 0.2) is 0 Å². The monoisotopic (exact) mass is 401 g/mol. The van der Waals surface area contributed by atoms with Gasteiger partial charge in [-0.1, -0.05) is 34.1 Å². The third-order valence-corrected chi connectivity index (χ3v) is 4.60. The summed E-state index contributed by atoms with van der Waals surface area (Å²) in [7, 11) is 0. The van der Waals surface area contributed by atoms with Crippen LogP contribution in [0.3, 0.4) is 0 Å². The summed E-state index contributed by atoms with van der Waals surface area (Å²) in [6.45, 7) is 4.07. The van der Waals surface area contributed by atoms with Crippen molar-refractivity contribution < 1.29 is 9.53 Å². The SMILES string of the molecule is CCOC(=O)N1N=C(c2ccc(N)cc2)c2cc(Br)ccc2CC1C. The molecule has 1 aliphatic rings. The molecule has 5 nitrogen and oxygen atoms in total. The molecule has 25 heavy (non-hydrogen) atoms. The molecule has 2 aromatic rings. The minimum Gasteiger partial charge on any atom is -0.448 e. The van der Waals surface area contributed by atoms with Crippen LogP contribution in [0.1, 0.15) is 30.5 Å². The minimum absolute atomic E-state index is 0.106. The van der Waals surface area contributed by atoms with E-state index >= 15 is 0 Å². The van der Waals surface area contributed by atoms with Crippen LogP contribution >= 0.6 is 15.9 Å². The molecule has 0 aromatic heterocycles. The van der Waals surface area contributed by atoms with Crippen LogP contribution in [0.2, 0.25) is 0 Å². The van der Waals surface area contributed by atoms with E-state index in [0.717, 1.165) is 26.9 Å². The lowest BCUT2D eigenvalue weighted by molar-refractivity contribution is 0.0951. The Morgan fingerprint density at radius 1 is 1.32 bits per heavy atom. The molecule has 0 radical (unpaired) electrons. The van der Waals surface area contributed by atoms with Crippen LogP contribution in [-0.2, 0) is 11.2 Å². The van der Waals surface area contributed by atoms with Crippen molar-refractivity contribution in [1.29, 1.82) is 0 Å². The van der Waals surface area contributed by atoms with Gasteiger partial charge in [0.2, 0.25) is 0 Å².